The third kappa shape index (κ3) is 3.71. The summed E-state index contributed by atoms with van der Waals surface area (Å²) in [4.78, 5) is 19.3. The summed E-state index contributed by atoms with van der Waals surface area (Å²) in [6.45, 7) is 2.88. The number of nitrogens with zero attached hydrogens (tertiary/aromatic N) is 3. The van der Waals surface area contributed by atoms with Crippen LogP contribution in [0.25, 0.3) is 5.65 Å². The van der Waals surface area contributed by atoms with Crippen molar-refractivity contribution in [1.82, 2.24) is 14.3 Å². The quantitative estimate of drug-likeness (QED) is 0.682. The molecule has 1 amide bonds. The maximum atomic E-state index is 12.9. The summed E-state index contributed by atoms with van der Waals surface area (Å²) in [5.74, 6) is 0.190. The van der Waals surface area contributed by atoms with Crippen molar-refractivity contribution in [2.75, 3.05) is 26.3 Å². The number of aromatic nitrogens is 2. The number of rotatable bonds is 4. The predicted octanol–water partition coefficient (Wildman–Crippen LogP) is 2.89. The first-order valence-electron chi connectivity index (χ1n) is 9.94. The van der Waals surface area contributed by atoms with E-state index in [2.05, 4.69) is 4.98 Å². The van der Waals surface area contributed by atoms with Crippen LogP contribution in [0.15, 0.2) is 54.9 Å². The summed E-state index contributed by atoms with van der Waals surface area (Å²) < 4.78 is 19.3. The number of hydrogen-bond donors (Lipinski definition) is 0. The summed E-state index contributed by atoms with van der Waals surface area (Å²) >= 11 is 0. The fourth-order valence-electron chi connectivity index (χ4n) is 3.95. The van der Waals surface area contributed by atoms with Gasteiger partial charge in [0.05, 0.1) is 18.9 Å². The fraction of sp³-hybridized carbons (Fsp3) is 0.364. The standard InChI is InChI=1S/C22H23N3O4/c26-21(24-10-7-22(8-11-24)28-12-13-29-22)17-4-3-5-19(14-17)27-16-18-15-25-9-2-1-6-20(25)23-18/h1-6,9,14-15H,7-8,10-13,16H2. The van der Waals surface area contributed by atoms with Gasteiger partial charge in [0.2, 0.25) is 0 Å². The van der Waals surface area contributed by atoms with E-state index in [9.17, 15) is 4.79 Å². The van der Waals surface area contributed by atoms with Gasteiger partial charge in [-0.15, -0.1) is 0 Å². The minimum absolute atomic E-state index is 0.0102. The number of carbonyl (C=O) groups is 1. The van der Waals surface area contributed by atoms with Crippen LogP contribution >= 0.6 is 0 Å². The molecule has 2 aliphatic heterocycles. The zero-order valence-corrected chi connectivity index (χ0v) is 16.1. The molecule has 2 aliphatic rings. The molecule has 150 valence electrons. The van der Waals surface area contributed by atoms with Gasteiger partial charge in [0.25, 0.3) is 5.91 Å². The number of likely N-dealkylation sites (tertiary alicyclic amines) is 1. The number of fused-ring (bicyclic) bond motifs is 1. The largest absolute Gasteiger partial charge is 0.487 e. The highest BCUT2D eigenvalue weighted by atomic mass is 16.7. The Morgan fingerprint density at radius 2 is 1.93 bits per heavy atom. The normalized spacial score (nSPS) is 18.4. The number of carbonyl (C=O) groups excluding carboxylic acids is 1. The minimum Gasteiger partial charge on any atom is -0.487 e. The first-order valence-corrected chi connectivity index (χ1v) is 9.94. The van der Waals surface area contributed by atoms with Crippen molar-refractivity contribution in [3.05, 3.63) is 66.1 Å². The van der Waals surface area contributed by atoms with Crippen LogP contribution in [-0.2, 0) is 16.1 Å². The summed E-state index contributed by atoms with van der Waals surface area (Å²) in [6, 6.07) is 13.2. The van der Waals surface area contributed by atoms with E-state index in [-0.39, 0.29) is 5.91 Å². The molecular weight excluding hydrogens is 370 g/mol. The molecule has 2 saturated heterocycles. The summed E-state index contributed by atoms with van der Waals surface area (Å²) in [5.41, 5.74) is 2.35. The van der Waals surface area contributed by atoms with E-state index in [1.165, 1.54) is 0 Å². The van der Waals surface area contributed by atoms with Crippen LogP contribution in [-0.4, -0.2) is 52.3 Å². The number of hydrogen-bond acceptors (Lipinski definition) is 5. The molecule has 0 atom stereocenters. The van der Waals surface area contributed by atoms with Crippen molar-refractivity contribution >= 4 is 11.6 Å². The SMILES string of the molecule is O=C(c1cccc(OCc2cn3ccccc3n2)c1)N1CCC2(CC1)OCCO2. The summed E-state index contributed by atoms with van der Waals surface area (Å²) in [5, 5.41) is 0. The molecule has 7 nitrogen and oxygen atoms in total. The maximum absolute atomic E-state index is 12.9. The van der Waals surface area contributed by atoms with Crippen molar-refractivity contribution in [2.24, 2.45) is 0 Å². The lowest BCUT2D eigenvalue weighted by Gasteiger charge is -2.37. The highest BCUT2D eigenvalue weighted by Gasteiger charge is 2.40. The monoisotopic (exact) mass is 393 g/mol. The van der Waals surface area contributed by atoms with Crippen molar-refractivity contribution in [1.29, 1.82) is 0 Å². The second-order valence-electron chi connectivity index (χ2n) is 7.41. The van der Waals surface area contributed by atoms with E-state index in [1.54, 1.807) is 6.07 Å². The lowest BCUT2D eigenvalue weighted by atomic mass is 10.0. The molecule has 1 spiro atoms. The van der Waals surface area contributed by atoms with Crippen molar-refractivity contribution < 1.29 is 19.0 Å². The maximum Gasteiger partial charge on any atom is 0.253 e. The Morgan fingerprint density at radius 3 is 2.72 bits per heavy atom. The van der Waals surface area contributed by atoms with Crippen molar-refractivity contribution in [3.63, 3.8) is 0 Å². The molecule has 0 saturated carbocycles. The summed E-state index contributed by atoms with van der Waals surface area (Å²) in [7, 11) is 0. The van der Waals surface area contributed by atoms with E-state index < -0.39 is 5.79 Å². The van der Waals surface area contributed by atoms with E-state index in [0.717, 1.165) is 11.3 Å². The molecule has 0 radical (unpaired) electrons. The average molecular weight is 393 g/mol. The first-order chi connectivity index (χ1) is 14.2. The molecule has 1 aromatic carbocycles. The Labute approximate surface area is 168 Å². The predicted molar refractivity (Wildman–Crippen MR) is 106 cm³/mol. The molecule has 2 fully saturated rings. The molecule has 0 N–H and O–H groups in total. The number of benzene rings is 1. The first kappa shape index (κ1) is 18.1. The molecule has 0 aliphatic carbocycles. The Bertz CT molecular complexity index is 983. The molecule has 0 bridgehead atoms. The van der Waals surface area contributed by atoms with Crippen molar-refractivity contribution in [3.8, 4) is 5.75 Å². The van der Waals surface area contributed by atoms with Gasteiger partial charge in [-0.2, -0.15) is 0 Å². The molecule has 4 heterocycles. The Balaban J connectivity index is 1.23. The van der Waals surface area contributed by atoms with Crippen molar-refractivity contribution in [2.45, 2.75) is 25.2 Å². The molecule has 3 aromatic rings. The van der Waals surface area contributed by atoms with Gasteiger partial charge in [-0.3, -0.25) is 4.79 Å². The third-order valence-corrected chi connectivity index (χ3v) is 5.51. The van der Waals surface area contributed by atoms with Gasteiger partial charge in [-0.05, 0) is 30.3 Å². The molecule has 29 heavy (non-hydrogen) atoms. The van der Waals surface area contributed by atoms with Gasteiger partial charge in [-0.1, -0.05) is 12.1 Å². The lowest BCUT2D eigenvalue weighted by Crippen LogP contribution is -2.47. The van der Waals surface area contributed by atoms with Crippen LogP contribution < -0.4 is 4.74 Å². The van der Waals surface area contributed by atoms with Crippen LogP contribution in [0.4, 0.5) is 0 Å². The Morgan fingerprint density at radius 1 is 1.10 bits per heavy atom. The average Bonchev–Trinajstić information content (AvgIpc) is 3.39. The Hall–Kier alpha value is -2.90. The Kier molecular flexibility index (Phi) is 4.69. The van der Waals surface area contributed by atoms with Gasteiger partial charge in [-0.25, -0.2) is 4.98 Å². The van der Waals surface area contributed by atoms with E-state index >= 15 is 0 Å². The number of amides is 1. The smallest absolute Gasteiger partial charge is 0.253 e. The second kappa shape index (κ2) is 7.50. The number of pyridine rings is 1. The van der Waals surface area contributed by atoms with Gasteiger partial charge >= 0.3 is 0 Å². The molecule has 7 heteroatoms. The van der Waals surface area contributed by atoms with E-state index in [0.29, 0.717) is 57.1 Å². The fourth-order valence-corrected chi connectivity index (χ4v) is 3.95. The van der Waals surface area contributed by atoms with Crippen LogP contribution in [0.1, 0.15) is 28.9 Å². The molecule has 5 rings (SSSR count). The molecular formula is C22H23N3O4. The van der Waals surface area contributed by atoms with Crippen LogP contribution in [0, 0.1) is 0 Å². The zero-order chi connectivity index (χ0) is 19.7. The second-order valence-corrected chi connectivity index (χ2v) is 7.41. The minimum atomic E-state index is -0.476. The van der Waals surface area contributed by atoms with Gasteiger partial charge in [0.15, 0.2) is 5.79 Å². The van der Waals surface area contributed by atoms with Crippen LogP contribution in [0.5, 0.6) is 5.75 Å². The molecule has 2 aromatic heterocycles. The van der Waals surface area contributed by atoms with E-state index in [1.807, 2.05) is 58.1 Å². The van der Waals surface area contributed by atoms with Crippen LogP contribution in [0.2, 0.25) is 0 Å². The lowest BCUT2D eigenvalue weighted by molar-refractivity contribution is -0.181. The number of ether oxygens (including phenoxy) is 3. The number of imidazole rings is 1. The zero-order valence-electron chi connectivity index (χ0n) is 16.1. The van der Waals surface area contributed by atoms with Gasteiger partial charge in [0.1, 0.15) is 18.0 Å². The number of piperidine rings is 1. The molecule has 0 unspecified atom stereocenters. The third-order valence-electron chi connectivity index (χ3n) is 5.51. The summed E-state index contributed by atoms with van der Waals surface area (Å²) in [6.07, 6.45) is 5.32. The van der Waals surface area contributed by atoms with Gasteiger partial charge < -0.3 is 23.5 Å². The topological polar surface area (TPSA) is 65.3 Å². The highest BCUT2D eigenvalue weighted by Crippen LogP contribution is 2.32. The highest BCUT2D eigenvalue weighted by molar-refractivity contribution is 5.94. The van der Waals surface area contributed by atoms with Gasteiger partial charge in [0, 0.05) is 43.9 Å². The van der Waals surface area contributed by atoms with E-state index in [4.69, 9.17) is 14.2 Å². The van der Waals surface area contributed by atoms with Crippen LogP contribution in [0.3, 0.4) is 0 Å².